The third kappa shape index (κ3) is 2.01. The lowest BCUT2D eigenvalue weighted by atomic mass is 10.0. The largest absolute Gasteiger partial charge is 0.508 e. The summed E-state index contributed by atoms with van der Waals surface area (Å²) >= 11 is 3.35. The first-order valence-electron chi connectivity index (χ1n) is 4.00. The minimum Gasteiger partial charge on any atom is -0.508 e. The van der Waals surface area contributed by atoms with Crippen molar-refractivity contribution in [3.05, 3.63) is 28.8 Å². The van der Waals surface area contributed by atoms with E-state index in [1.54, 1.807) is 0 Å². The number of rotatable bonds is 2. The maximum Gasteiger partial charge on any atom is 0.119 e. The molecule has 0 atom stereocenters. The van der Waals surface area contributed by atoms with Gasteiger partial charge in [-0.3, -0.25) is 0 Å². The number of phenolic OH excluding ortho intramolecular Hbond substituents is 1. The first kappa shape index (κ1) is 9.59. The Labute approximate surface area is 81.6 Å². The molecule has 1 rings (SSSR count). The first-order valence-corrected chi connectivity index (χ1v) is 5.12. The number of halogens is 1. The molecule has 1 aromatic rings. The van der Waals surface area contributed by atoms with Gasteiger partial charge in [0.25, 0.3) is 0 Å². The zero-order chi connectivity index (χ0) is 9.14. The minimum absolute atomic E-state index is 0.414. The van der Waals surface area contributed by atoms with Gasteiger partial charge in [0.2, 0.25) is 0 Å². The second-order valence-corrected chi connectivity index (χ2v) is 3.80. The summed E-state index contributed by atoms with van der Waals surface area (Å²) in [7, 11) is 0. The van der Waals surface area contributed by atoms with E-state index in [1.807, 2.05) is 19.1 Å². The predicted octanol–water partition coefficient (Wildman–Crippen LogP) is 2.95. The molecule has 1 nitrogen and oxygen atoms in total. The second-order valence-electron chi connectivity index (χ2n) is 3.00. The topological polar surface area (TPSA) is 20.2 Å². The van der Waals surface area contributed by atoms with Gasteiger partial charge in [0.05, 0.1) is 0 Å². The molecule has 0 fully saturated rings. The highest BCUT2D eigenvalue weighted by Crippen LogP contribution is 2.22. The minimum atomic E-state index is 0.414. The molecule has 0 saturated heterocycles. The molecule has 66 valence electrons. The molecule has 0 unspecified atom stereocenters. The third-order valence-electron chi connectivity index (χ3n) is 2.06. The maximum atomic E-state index is 9.53. The first-order chi connectivity index (χ1) is 5.65. The van der Waals surface area contributed by atoms with Crippen LogP contribution < -0.4 is 0 Å². The average Bonchev–Trinajstić information content (AvgIpc) is 2.01. The summed E-state index contributed by atoms with van der Waals surface area (Å²) in [6, 6.07) is 3.87. The summed E-state index contributed by atoms with van der Waals surface area (Å²) in [4.78, 5) is 0. The number of hydrogen-bond acceptors (Lipinski definition) is 1. The molecule has 1 aromatic carbocycles. The Hall–Kier alpha value is -0.500. The zero-order valence-electron chi connectivity index (χ0n) is 7.39. The van der Waals surface area contributed by atoms with Crippen molar-refractivity contribution in [1.29, 1.82) is 0 Å². The molecular weight excluding hydrogens is 216 g/mol. The van der Waals surface area contributed by atoms with Gasteiger partial charge in [-0.05, 0) is 43.0 Å². The molecule has 0 radical (unpaired) electrons. The Bertz CT molecular complexity index is 281. The monoisotopic (exact) mass is 228 g/mol. The van der Waals surface area contributed by atoms with Crippen LogP contribution in [0.15, 0.2) is 12.1 Å². The van der Waals surface area contributed by atoms with Crippen molar-refractivity contribution in [3.8, 4) is 5.75 Å². The van der Waals surface area contributed by atoms with Gasteiger partial charge in [0.1, 0.15) is 5.75 Å². The SMILES string of the molecule is Cc1cc(O)c(CCBr)cc1C. The van der Waals surface area contributed by atoms with E-state index in [2.05, 4.69) is 22.9 Å². The summed E-state index contributed by atoms with van der Waals surface area (Å²) in [5, 5.41) is 10.4. The van der Waals surface area contributed by atoms with Crippen molar-refractivity contribution in [2.45, 2.75) is 20.3 Å². The lowest BCUT2D eigenvalue weighted by Gasteiger charge is -2.06. The van der Waals surface area contributed by atoms with E-state index in [-0.39, 0.29) is 0 Å². The van der Waals surface area contributed by atoms with Crippen LogP contribution in [0, 0.1) is 13.8 Å². The molecule has 0 aliphatic rings. The number of hydrogen-bond donors (Lipinski definition) is 1. The molecule has 2 heteroatoms. The fourth-order valence-corrected chi connectivity index (χ4v) is 1.59. The Morgan fingerprint density at radius 1 is 1.25 bits per heavy atom. The normalized spacial score (nSPS) is 10.2. The predicted molar refractivity (Wildman–Crippen MR) is 55.1 cm³/mol. The highest BCUT2D eigenvalue weighted by atomic mass is 79.9. The summed E-state index contributed by atoms with van der Waals surface area (Å²) in [6.07, 6.45) is 0.882. The standard InChI is InChI=1S/C10H13BrO/c1-7-5-9(3-4-11)10(12)6-8(7)2/h5-6,12H,3-4H2,1-2H3. The zero-order valence-corrected chi connectivity index (χ0v) is 8.98. The van der Waals surface area contributed by atoms with Crippen LogP contribution in [0.3, 0.4) is 0 Å². The van der Waals surface area contributed by atoms with E-state index in [9.17, 15) is 5.11 Å². The third-order valence-corrected chi connectivity index (χ3v) is 2.46. The van der Waals surface area contributed by atoms with Crippen molar-refractivity contribution in [3.63, 3.8) is 0 Å². The van der Waals surface area contributed by atoms with Gasteiger partial charge in [-0.15, -0.1) is 0 Å². The van der Waals surface area contributed by atoms with Crippen LogP contribution in [0.2, 0.25) is 0 Å². The van der Waals surface area contributed by atoms with Gasteiger partial charge in [-0.1, -0.05) is 22.0 Å². The quantitative estimate of drug-likeness (QED) is 0.773. The number of aryl methyl sites for hydroxylation is 3. The van der Waals surface area contributed by atoms with E-state index in [0.717, 1.165) is 22.9 Å². The van der Waals surface area contributed by atoms with Crippen molar-refractivity contribution in [2.24, 2.45) is 0 Å². The summed E-state index contributed by atoms with van der Waals surface area (Å²) in [5.74, 6) is 0.414. The molecule has 0 heterocycles. The molecule has 0 aromatic heterocycles. The van der Waals surface area contributed by atoms with E-state index >= 15 is 0 Å². The van der Waals surface area contributed by atoms with Crippen LogP contribution in [0.4, 0.5) is 0 Å². The van der Waals surface area contributed by atoms with Gasteiger partial charge in [0, 0.05) is 5.33 Å². The molecule has 0 bridgehead atoms. The van der Waals surface area contributed by atoms with Gasteiger partial charge >= 0.3 is 0 Å². The number of aromatic hydroxyl groups is 1. The highest BCUT2D eigenvalue weighted by molar-refractivity contribution is 9.09. The lowest BCUT2D eigenvalue weighted by molar-refractivity contribution is 0.468. The maximum absolute atomic E-state index is 9.53. The van der Waals surface area contributed by atoms with Crippen molar-refractivity contribution in [2.75, 3.05) is 5.33 Å². The van der Waals surface area contributed by atoms with E-state index in [1.165, 1.54) is 5.56 Å². The molecular formula is C10H13BrO. The summed E-state index contributed by atoms with van der Waals surface area (Å²) in [6.45, 7) is 4.07. The average molecular weight is 229 g/mol. The molecule has 12 heavy (non-hydrogen) atoms. The van der Waals surface area contributed by atoms with Crippen molar-refractivity contribution < 1.29 is 5.11 Å². The fourth-order valence-electron chi connectivity index (χ4n) is 1.16. The van der Waals surface area contributed by atoms with E-state index in [0.29, 0.717) is 5.75 Å². The summed E-state index contributed by atoms with van der Waals surface area (Å²) in [5.41, 5.74) is 3.41. The Morgan fingerprint density at radius 3 is 2.42 bits per heavy atom. The number of benzene rings is 1. The van der Waals surface area contributed by atoms with Crippen molar-refractivity contribution in [1.82, 2.24) is 0 Å². The van der Waals surface area contributed by atoms with Crippen LogP contribution in [-0.2, 0) is 6.42 Å². The Kier molecular flexibility index (Phi) is 3.15. The van der Waals surface area contributed by atoms with Gasteiger partial charge in [0.15, 0.2) is 0 Å². The lowest BCUT2D eigenvalue weighted by Crippen LogP contribution is -1.90. The second kappa shape index (κ2) is 3.94. The van der Waals surface area contributed by atoms with Gasteiger partial charge < -0.3 is 5.11 Å². The molecule has 0 saturated carbocycles. The van der Waals surface area contributed by atoms with Crippen LogP contribution >= 0.6 is 15.9 Å². The molecule has 0 spiro atoms. The van der Waals surface area contributed by atoms with Crippen LogP contribution in [0.5, 0.6) is 5.75 Å². The van der Waals surface area contributed by atoms with Gasteiger partial charge in [-0.2, -0.15) is 0 Å². The summed E-state index contributed by atoms with van der Waals surface area (Å²) < 4.78 is 0. The Balaban J connectivity index is 3.05. The van der Waals surface area contributed by atoms with E-state index in [4.69, 9.17) is 0 Å². The van der Waals surface area contributed by atoms with Crippen LogP contribution in [0.1, 0.15) is 16.7 Å². The van der Waals surface area contributed by atoms with Gasteiger partial charge in [-0.25, -0.2) is 0 Å². The molecule has 0 amide bonds. The van der Waals surface area contributed by atoms with Crippen LogP contribution in [0.25, 0.3) is 0 Å². The Morgan fingerprint density at radius 2 is 1.83 bits per heavy atom. The van der Waals surface area contributed by atoms with E-state index < -0.39 is 0 Å². The smallest absolute Gasteiger partial charge is 0.119 e. The number of alkyl halides is 1. The van der Waals surface area contributed by atoms with Crippen molar-refractivity contribution >= 4 is 15.9 Å². The highest BCUT2D eigenvalue weighted by Gasteiger charge is 2.02. The van der Waals surface area contributed by atoms with Crippen LogP contribution in [-0.4, -0.2) is 10.4 Å². The fraction of sp³-hybridized carbons (Fsp3) is 0.400. The molecule has 1 N–H and O–H groups in total. The number of phenols is 1. The molecule has 0 aliphatic carbocycles. The molecule has 0 aliphatic heterocycles.